The Bertz CT molecular complexity index is 474. The van der Waals surface area contributed by atoms with Crippen molar-refractivity contribution in [2.75, 3.05) is 6.61 Å². The summed E-state index contributed by atoms with van der Waals surface area (Å²) in [5.74, 6) is 0. The fourth-order valence-corrected chi connectivity index (χ4v) is 3.62. The highest BCUT2D eigenvalue weighted by molar-refractivity contribution is 6.31. The summed E-state index contributed by atoms with van der Waals surface area (Å²) in [7, 11) is 0. The topological polar surface area (TPSA) is 53.1 Å². The van der Waals surface area contributed by atoms with Gasteiger partial charge in [0, 0.05) is 13.2 Å². The van der Waals surface area contributed by atoms with Crippen LogP contribution < -0.4 is 5.73 Å². The molecule has 0 aliphatic heterocycles. The van der Waals surface area contributed by atoms with Crippen molar-refractivity contribution in [3.8, 4) is 0 Å². The third-order valence-corrected chi connectivity index (χ3v) is 5.17. The van der Waals surface area contributed by atoms with E-state index in [-0.39, 0.29) is 11.6 Å². The van der Waals surface area contributed by atoms with Gasteiger partial charge in [0.05, 0.1) is 28.6 Å². The van der Waals surface area contributed by atoms with Crippen LogP contribution in [0.2, 0.25) is 5.02 Å². The van der Waals surface area contributed by atoms with Gasteiger partial charge >= 0.3 is 0 Å². The van der Waals surface area contributed by atoms with Crippen LogP contribution in [0.15, 0.2) is 6.20 Å². The molecule has 0 spiro atoms. The first kappa shape index (κ1) is 16.8. The Hall–Kier alpha value is -0.580. The molecule has 0 amide bonds. The van der Waals surface area contributed by atoms with Crippen LogP contribution in [0.5, 0.6) is 0 Å². The predicted molar refractivity (Wildman–Crippen MR) is 86.4 cm³/mol. The molecule has 4 nitrogen and oxygen atoms in total. The minimum absolute atomic E-state index is 0.233. The number of ether oxygens (including phenoxy) is 1. The Kier molecular flexibility index (Phi) is 5.01. The number of aryl methyl sites for hydroxylation is 1. The van der Waals surface area contributed by atoms with Crippen LogP contribution in [0.4, 0.5) is 0 Å². The van der Waals surface area contributed by atoms with E-state index in [9.17, 15) is 0 Å². The normalized spacial score (nSPS) is 22.2. The molecule has 0 saturated heterocycles. The molecule has 1 saturated carbocycles. The molecule has 120 valence electrons. The summed E-state index contributed by atoms with van der Waals surface area (Å²) in [6.07, 6.45) is 5.88. The largest absolute Gasteiger partial charge is 0.373 e. The van der Waals surface area contributed by atoms with E-state index in [4.69, 9.17) is 22.1 Å². The Morgan fingerprint density at radius 1 is 1.33 bits per heavy atom. The van der Waals surface area contributed by atoms with Crippen molar-refractivity contribution in [3.05, 3.63) is 16.9 Å². The molecule has 21 heavy (non-hydrogen) atoms. The molecule has 1 aliphatic carbocycles. The molecule has 1 aromatic rings. The second-order valence-electron chi connectivity index (χ2n) is 6.83. The molecule has 1 unspecified atom stereocenters. The van der Waals surface area contributed by atoms with Gasteiger partial charge in [-0.05, 0) is 44.9 Å². The number of aromatic nitrogens is 2. The molecule has 2 rings (SSSR count). The summed E-state index contributed by atoms with van der Waals surface area (Å²) in [6, 6.07) is -0.233. The highest BCUT2D eigenvalue weighted by Crippen LogP contribution is 2.47. The Labute approximate surface area is 133 Å². The molecule has 0 radical (unpaired) electrons. The maximum absolute atomic E-state index is 6.63. The highest BCUT2D eigenvalue weighted by atomic mass is 35.5. The first-order chi connectivity index (χ1) is 9.85. The second-order valence-corrected chi connectivity index (χ2v) is 7.24. The van der Waals surface area contributed by atoms with E-state index in [1.54, 1.807) is 6.20 Å². The second kappa shape index (κ2) is 6.27. The minimum atomic E-state index is -0.319. The Morgan fingerprint density at radius 3 is 2.48 bits per heavy atom. The molecule has 0 bridgehead atoms. The van der Waals surface area contributed by atoms with Crippen molar-refractivity contribution in [2.24, 2.45) is 11.1 Å². The van der Waals surface area contributed by atoms with Gasteiger partial charge in [-0.25, -0.2) is 0 Å². The van der Waals surface area contributed by atoms with Crippen LogP contribution in [0.3, 0.4) is 0 Å². The summed E-state index contributed by atoms with van der Waals surface area (Å²) in [6.45, 7) is 10.2. The van der Waals surface area contributed by atoms with Crippen molar-refractivity contribution in [2.45, 2.75) is 71.6 Å². The minimum Gasteiger partial charge on any atom is -0.373 e. The molecule has 5 heteroatoms. The number of nitrogens with two attached hydrogens (primary N) is 1. The van der Waals surface area contributed by atoms with Crippen molar-refractivity contribution in [3.63, 3.8) is 0 Å². The molecule has 0 aromatic carbocycles. The third-order valence-electron chi connectivity index (χ3n) is 4.88. The van der Waals surface area contributed by atoms with Gasteiger partial charge < -0.3 is 10.5 Å². The molecule has 1 aromatic heterocycles. The number of nitrogens with zero attached hydrogens (tertiary/aromatic N) is 2. The quantitative estimate of drug-likeness (QED) is 0.896. The number of hydrogen-bond acceptors (Lipinski definition) is 3. The smallest absolute Gasteiger partial charge is 0.0890 e. The van der Waals surface area contributed by atoms with Gasteiger partial charge in [0.2, 0.25) is 0 Å². The molecular formula is C16H28ClN3O. The van der Waals surface area contributed by atoms with Gasteiger partial charge in [0.15, 0.2) is 0 Å². The molecule has 1 heterocycles. The number of rotatable bonds is 5. The van der Waals surface area contributed by atoms with Gasteiger partial charge in [-0.1, -0.05) is 25.4 Å². The van der Waals surface area contributed by atoms with Gasteiger partial charge in [0.25, 0.3) is 0 Å². The van der Waals surface area contributed by atoms with E-state index in [1.807, 2.05) is 11.6 Å². The lowest BCUT2D eigenvalue weighted by Gasteiger charge is -2.46. The van der Waals surface area contributed by atoms with Crippen LogP contribution in [-0.4, -0.2) is 22.0 Å². The first-order valence-corrected chi connectivity index (χ1v) is 8.34. The Morgan fingerprint density at radius 2 is 1.95 bits per heavy atom. The lowest BCUT2D eigenvalue weighted by Crippen LogP contribution is -2.48. The number of halogens is 1. The van der Waals surface area contributed by atoms with Crippen molar-refractivity contribution in [1.29, 1.82) is 0 Å². The standard InChI is InChI=1S/C16H28ClN3O/c1-5-20-13(12(17)11-19-20)14(18)16(21-6-2)9-7-15(3,4)8-10-16/h11,14H,5-10,18H2,1-4H3. The maximum Gasteiger partial charge on any atom is 0.0890 e. The summed E-state index contributed by atoms with van der Waals surface area (Å²) >= 11 is 6.34. The lowest BCUT2D eigenvalue weighted by atomic mass is 9.68. The van der Waals surface area contributed by atoms with Gasteiger partial charge in [0.1, 0.15) is 0 Å². The molecule has 1 atom stereocenters. The Balaban J connectivity index is 2.32. The third kappa shape index (κ3) is 3.27. The van der Waals surface area contributed by atoms with Crippen molar-refractivity contribution >= 4 is 11.6 Å². The molecule has 1 aliphatic rings. The van der Waals surface area contributed by atoms with E-state index in [0.717, 1.165) is 37.9 Å². The number of hydrogen-bond donors (Lipinski definition) is 1. The molecular weight excluding hydrogens is 286 g/mol. The molecule has 2 N–H and O–H groups in total. The maximum atomic E-state index is 6.63. The summed E-state index contributed by atoms with van der Waals surface area (Å²) in [5, 5.41) is 4.97. The van der Waals surface area contributed by atoms with Gasteiger partial charge in [-0.2, -0.15) is 5.10 Å². The van der Waals surface area contributed by atoms with Crippen LogP contribution >= 0.6 is 11.6 Å². The zero-order valence-electron chi connectivity index (χ0n) is 13.7. The van der Waals surface area contributed by atoms with E-state index >= 15 is 0 Å². The fraction of sp³-hybridized carbons (Fsp3) is 0.812. The van der Waals surface area contributed by atoms with Gasteiger partial charge in [-0.15, -0.1) is 0 Å². The summed E-state index contributed by atoms with van der Waals surface area (Å²) in [4.78, 5) is 0. The average Bonchev–Trinajstić information content (AvgIpc) is 2.82. The predicted octanol–water partition coefficient (Wildman–Crippen LogP) is 3.93. The van der Waals surface area contributed by atoms with Crippen LogP contribution in [-0.2, 0) is 11.3 Å². The average molecular weight is 314 g/mol. The van der Waals surface area contributed by atoms with Crippen LogP contribution in [0.25, 0.3) is 0 Å². The van der Waals surface area contributed by atoms with Gasteiger partial charge in [-0.3, -0.25) is 4.68 Å². The zero-order chi connectivity index (χ0) is 15.7. The van der Waals surface area contributed by atoms with E-state index in [0.29, 0.717) is 17.0 Å². The van der Waals surface area contributed by atoms with Crippen molar-refractivity contribution < 1.29 is 4.74 Å². The first-order valence-electron chi connectivity index (χ1n) is 7.96. The van der Waals surface area contributed by atoms with Crippen LogP contribution in [0, 0.1) is 5.41 Å². The lowest BCUT2D eigenvalue weighted by molar-refractivity contribution is -0.101. The van der Waals surface area contributed by atoms with Crippen LogP contribution in [0.1, 0.15) is 65.1 Å². The highest BCUT2D eigenvalue weighted by Gasteiger charge is 2.45. The van der Waals surface area contributed by atoms with E-state index in [2.05, 4.69) is 25.9 Å². The summed E-state index contributed by atoms with van der Waals surface area (Å²) in [5.41, 5.74) is 7.59. The van der Waals surface area contributed by atoms with E-state index in [1.165, 1.54) is 0 Å². The summed E-state index contributed by atoms with van der Waals surface area (Å²) < 4.78 is 8.08. The zero-order valence-corrected chi connectivity index (χ0v) is 14.4. The van der Waals surface area contributed by atoms with Crippen molar-refractivity contribution in [1.82, 2.24) is 9.78 Å². The monoisotopic (exact) mass is 313 g/mol. The van der Waals surface area contributed by atoms with E-state index < -0.39 is 0 Å². The SMILES string of the molecule is CCOC1(C(N)c2c(Cl)cnn2CC)CCC(C)(C)CC1. The molecule has 1 fully saturated rings. The fourth-order valence-electron chi connectivity index (χ4n) is 3.36.